The first-order chi connectivity index (χ1) is 13.6. The maximum atomic E-state index is 13.0. The molecule has 1 aromatic rings. The first kappa shape index (κ1) is 20.2. The largest absolute Gasteiger partial charge is 0.465 e. The Morgan fingerprint density at radius 2 is 2.00 bits per heavy atom. The molecule has 0 bridgehead atoms. The van der Waals surface area contributed by atoms with Gasteiger partial charge in [0.2, 0.25) is 5.91 Å². The second-order valence-corrected chi connectivity index (χ2v) is 9.17. The number of benzene rings is 1. The van der Waals surface area contributed by atoms with Gasteiger partial charge in [0, 0.05) is 24.4 Å². The summed E-state index contributed by atoms with van der Waals surface area (Å²) in [5, 5.41) is 0. The van der Waals surface area contributed by atoms with Crippen LogP contribution < -0.4 is 0 Å². The van der Waals surface area contributed by atoms with Gasteiger partial charge in [-0.05, 0) is 55.2 Å². The van der Waals surface area contributed by atoms with Crippen LogP contribution in [0.5, 0.6) is 0 Å². The molecule has 3 aliphatic rings. The maximum absolute atomic E-state index is 13.0. The van der Waals surface area contributed by atoms with Gasteiger partial charge in [0.1, 0.15) is 0 Å². The lowest BCUT2D eigenvalue weighted by Crippen LogP contribution is -2.50. The van der Waals surface area contributed by atoms with Crippen LogP contribution in [0.1, 0.15) is 55.2 Å². The molecule has 29 heavy (non-hydrogen) atoms. The van der Waals surface area contributed by atoms with E-state index < -0.39 is 11.7 Å². The summed E-state index contributed by atoms with van der Waals surface area (Å²) in [7, 11) is 0. The first-order valence-electron chi connectivity index (χ1n) is 10.2. The Morgan fingerprint density at radius 3 is 2.55 bits per heavy atom. The number of hydrogen-bond donors (Lipinski definition) is 0. The molecule has 1 saturated carbocycles. The van der Waals surface area contributed by atoms with Crippen molar-refractivity contribution in [3.63, 3.8) is 0 Å². The van der Waals surface area contributed by atoms with Crippen LogP contribution in [-0.2, 0) is 20.5 Å². The number of nitrogens with zero attached hydrogens (tertiary/aromatic N) is 1. The predicted molar refractivity (Wildman–Crippen MR) is 100 cm³/mol. The van der Waals surface area contributed by atoms with Crippen LogP contribution in [-0.4, -0.2) is 36.5 Å². The quantitative estimate of drug-likeness (QED) is 0.684. The molecule has 0 N–H and O–H groups in total. The zero-order valence-electron chi connectivity index (χ0n) is 16.7. The highest BCUT2D eigenvalue weighted by atomic mass is 19.4. The van der Waals surface area contributed by atoms with E-state index in [2.05, 4.69) is 6.92 Å². The van der Waals surface area contributed by atoms with Gasteiger partial charge in [-0.3, -0.25) is 9.59 Å². The summed E-state index contributed by atoms with van der Waals surface area (Å²) in [5.74, 6) is 0.255. The Bertz CT molecular complexity index is 829. The van der Waals surface area contributed by atoms with Gasteiger partial charge in [-0.15, -0.1) is 0 Å². The van der Waals surface area contributed by atoms with E-state index in [1.165, 1.54) is 13.0 Å². The van der Waals surface area contributed by atoms with Crippen LogP contribution in [0.15, 0.2) is 18.2 Å². The molecule has 158 valence electrons. The molecule has 2 saturated heterocycles. The van der Waals surface area contributed by atoms with Crippen molar-refractivity contribution in [3.05, 3.63) is 34.9 Å². The molecule has 0 radical (unpaired) electrons. The minimum atomic E-state index is -4.33. The summed E-state index contributed by atoms with van der Waals surface area (Å²) in [6.45, 7) is 5.22. The highest BCUT2D eigenvalue weighted by molar-refractivity contribution is 5.81. The highest BCUT2D eigenvalue weighted by Crippen LogP contribution is 2.52. The van der Waals surface area contributed by atoms with E-state index in [0.29, 0.717) is 39.0 Å². The van der Waals surface area contributed by atoms with E-state index in [-0.39, 0.29) is 40.6 Å². The van der Waals surface area contributed by atoms with Gasteiger partial charge in [0.25, 0.3) is 0 Å². The summed E-state index contributed by atoms with van der Waals surface area (Å²) in [4.78, 5) is 26.1. The molecule has 2 atom stereocenters. The summed E-state index contributed by atoms with van der Waals surface area (Å²) < 4.78 is 44.1. The van der Waals surface area contributed by atoms with Gasteiger partial charge in [-0.1, -0.05) is 19.1 Å². The predicted octanol–water partition coefficient (Wildman–Crippen LogP) is 4.31. The van der Waals surface area contributed by atoms with E-state index in [0.717, 1.165) is 12.0 Å². The zero-order chi connectivity index (χ0) is 21.0. The molecular formula is C22H26F3NO3. The molecule has 2 aliphatic heterocycles. The number of esters is 1. The van der Waals surface area contributed by atoms with E-state index in [9.17, 15) is 22.8 Å². The van der Waals surface area contributed by atoms with Gasteiger partial charge < -0.3 is 9.64 Å². The summed E-state index contributed by atoms with van der Waals surface area (Å²) in [6, 6.07) is 4.41. The molecule has 1 amide bonds. The molecule has 7 heteroatoms. The van der Waals surface area contributed by atoms with Crippen molar-refractivity contribution in [2.75, 3.05) is 19.7 Å². The maximum Gasteiger partial charge on any atom is 0.416 e. The van der Waals surface area contributed by atoms with Crippen molar-refractivity contribution in [3.8, 4) is 0 Å². The highest BCUT2D eigenvalue weighted by Gasteiger charge is 2.53. The lowest BCUT2D eigenvalue weighted by molar-refractivity contribution is -0.145. The number of carbonyl (C=O) groups excluding carboxylic acids is 2. The first-order valence-corrected chi connectivity index (χ1v) is 10.2. The molecule has 1 aliphatic carbocycles. The van der Waals surface area contributed by atoms with E-state index >= 15 is 0 Å². The summed E-state index contributed by atoms with van der Waals surface area (Å²) >= 11 is 0. The third-order valence-electron chi connectivity index (χ3n) is 6.97. The fourth-order valence-corrected chi connectivity index (χ4v) is 5.40. The number of amides is 1. The van der Waals surface area contributed by atoms with Crippen molar-refractivity contribution in [1.82, 2.24) is 4.90 Å². The van der Waals surface area contributed by atoms with Gasteiger partial charge in [-0.25, -0.2) is 0 Å². The number of piperidine rings is 1. The van der Waals surface area contributed by atoms with Crippen LogP contribution in [0.25, 0.3) is 0 Å². The number of carbonyl (C=O) groups is 2. The molecule has 4 rings (SSSR count). The molecule has 0 aromatic heterocycles. The van der Waals surface area contributed by atoms with Crippen LogP contribution in [0.3, 0.4) is 0 Å². The van der Waals surface area contributed by atoms with Crippen molar-refractivity contribution < 1.29 is 27.5 Å². The smallest absolute Gasteiger partial charge is 0.416 e. The van der Waals surface area contributed by atoms with Crippen molar-refractivity contribution in [1.29, 1.82) is 0 Å². The fraction of sp³-hybridized carbons (Fsp3) is 0.636. The van der Waals surface area contributed by atoms with Crippen LogP contribution >= 0.6 is 0 Å². The van der Waals surface area contributed by atoms with Gasteiger partial charge in [-0.2, -0.15) is 13.2 Å². The Morgan fingerprint density at radius 1 is 1.28 bits per heavy atom. The zero-order valence-corrected chi connectivity index (χ0v) is 16.7. The number of ether oxygens (including phenoxy) is 1. The number of aryl methyl sites for hydroxylation is 1. The number of rotatable bonds is 2. The number of halogens is 3. The molecule has 0 unspecified atom stereocenters. The SMILES string of the molecule is Cc1cc([C@@H]2CCN(C(=O)C3CC4(COC(=O)C4)C3)C[C@@H]2C)ccc1C(F)(F)F. The van der Waals surface area contributed by atoms with Crippen LogP contribution in [0.4, 0.5) is 13.2 Å². The van der Waals surface area contributed by atoms with E-state index in [1.54, 1.807) is 12.1 Å². The van der Waals surface area contributed by atoms with Crippen molar-refractivity contribution in [2.24, 2.45) is 17.3 Å². The number of cyclic esters (lactones) is 1. The van der Waals surface area contributed by atoms with E-state index in [4.69, 9.17) is 4.74 Å². The monoisotopic (exact) mass is 409 g/mol. The lowest BCUT2D eigenvalue weighted by Gasteiger charge is -2.46. The Kier molecular flexibility index (Phi) is 4.90. The minimum absolute atomic E-state index is 0.0402. The second kappa shape index (κ2) is 7.03. The third-order valence-corrected chi connectivity index (χ3v) is 6.97. The molecule has 2 heterocycles. The standard InChI is InChI=1S/C22H26F3NO3/c1-13-7-15(3-4-18(13)22(23,24)25)17-5-6-26(11-14(17)2)20(28)16-8-21(9-16)10-19(27)29-12-21/h3-4,7,14,16-17H,5-6,8-12H2,1-2H3/t14-,16?,17+,21?/m0/s1. The Balaban J connectivity index is 1.37. The molecule has 4 nitrogen and oxygen atoms in total. The average Bonchev–Trinajstić information content (AvgIpc) is 3.01. The summed E-state index contributed by atoms with van der Waals surface area (Å²) in [5.41, 5.74) is 0.446. The van der Waals surface area contributed by atoms with Crippen LogP contribution in [0.2, 0.25) is 0 Å². The normalized spacial score (nSPS) is 32.2. The molecule has 3 fully saturated rings. The summed E-state index contributed by atoms with van der Waals surface area (Å²) in [6.07, 6.45) is -1.74. The molecule has 1 aromatic carbocycles. The average molecular weight is 409 g/mol. The van der Waals surface area contributed by atoms with Gasteiger partial charge in [0.15, 0.2) is 0 Å². The van der Waals surface area contributed by atoms with Gasteiger partial charge >= 0.3 is 12.1 Å². The van der Waals surface area contributed by atoms with Gasteiger partial charge in [0.05, 0.1) is 18.6 Å². The second-order valence-electron chi connectivity index (χ2n) is 9.17. The van der Waals surface area contributed by atoms with Crippen molar-refractivity contribution >= 4 is 11.9 Å². The third kappa shape index (κ3) is 3.76. The van der Waals surface area contributed by atoms with Crippen molar-refractivity contribution in [2.45, 2.75) is 51.6 Å². The Labute approximate surface area is 168 Å². The lowest BCUT2D eigenvalue weighted by atomic mass is 9.61. The minimum Gasteiger partial charge on any atom is -0.465 e. The topological polar surface area (TPSA) is 46.6 Å². The molecular weight excluding hydrogens is 383 g/mol. The molecule has 1 spiro atoms. The van der Waals surface area contributed by atoms with Crippen LogP contribution in [0, 0.1) is 24.2 Å². The number of alkyl halides is 3. The Hall–Kier alpha value is -2.05. The fourth-order valence-electron chi connectivity index (χ4n) is 5.40. The number of likely N-dealkylation sites (tertiary alicyclic amines) is 1. The van der Waals surface area contributed by atoms with E-state index in [1.807, 2.05) is 4.90 Å². The number of hydrogen-bond acceptors (Lipinski definition) is 3.